The summed E-state index contributed by atoms with van der Waals surface area (Å²) < 4.78 is 32.5. The molecular weight excluding hydrogens is 348 g/mol. The summed E-state index contributed by atoms with van der Waals surface area (Å²) in [6.07, 6.45) is 1.85. The molecule has 0 aliphatic rings. The molecule has 2 aromatic rings. The van der Waals surface area contributed by atoms with E-state index in [4.69, 9.17) is 4.74 Å². The van der Waals surface area contributed by atoms with Gasteiger partial charge in [0.15, 0.2) is 5.96 Å². The minimum absolute atomic E-state index is 0.0825. The molecule has 0 radical (unpaired) electrons. The van der Waals surface area contributed by atoms with Crippen molar-refractivity contribution < 1.29 is 13.5 Å². The number of ether oxygens (including phenoxy) is 1. The normalized spacial score (nSPS) is 11.4. The van der Waals surface area contributed by atoms with Gasteiger partial charge in [0.25, 0.3) is 0 Å². The van der Waals surface area contributed by atoms with Gasteiger partial charge in [-0.3, -0.25) is 0 Å². The van der Waals surface area contributed by atoms with E-state index in [1.807, 2.05) is 37.3 Å². The number of hydrogen-bond donors (Lipinski definition) is 2. The Kier molecular flexibility index (Phi) is 9.27. The summed E-state index contributed by atoms with van der Waals surface area (Å²) in [5.74, 6) is -0.326. The first-order valence-corrected chi connectivity index (χ1v) is 9.27. The van der Waals surface area contributed by atoms with Gasteiger partial charge in [-0.25, -0.2) is 13.8 Å². The summed E-state index contributed by atoms with van der Waals surface area (Å²) >= 11 is 0. The zero-order chi connectivity index (χ0) is 19.3. The van der Waals surface area contributed by atoms with E-state index >= 15 is 0 Å². The minimum atomic E-state index is -0.463. The van der Waals surface area contributed by atoms with Crippen LogP contribution in [0.5, 0.6) is 0 Å². The van der Waals surface area contributed by atoms with Crippen molar-refractivity contribution in [3.8, 4) is 0 Å². The fourth-order valence-electron chi connectivity index (χ4n) is 2.47. The van der Waals surface area contributed by atoms with Crippen LogP contribution in [-0.2, 0) is 17.9 Å². The molecule has 0 amide bonds. The Morgan fingerprint density at radius 1 is 1.04 bits per heavy atom. The van der Waals surface area contributed by atoms with Gasteiger partial charge >= 0.3 is 0 Å². The smallest absolute Gasteiger partial charge is 0.191 e. The van der Waals surface area contributed by atoms with Crippen molar-refractivity contribution in [3.05, 3.63) is 71.3 Å². The van der Waals surface area contributed by atoms with Crippen molar-refractivity contribution in [1.29, 1.82) is 0 Å². The SMILES string of the molecule is CCNC(=NCc1cc(F)ccc1F)NCCCCOCc1ccccc1. The molecule has 146 valence electrons. The maximum atomic E-state index is 13.7. The van der Waals surface area contributed by atoms with Crippen molar-refractivity contribution in [3.63, 3.8) is 0 Å². The third-order valence-corrected chi connectivity index (χ3v) is 3.88. The highest BCUT2D eigenvalue weighted by atomic mass is 19.1. The van der Waals surface area contributed by atoms with Crippen LogP contribution in [0.4, 0.5) is 8.78 Å². The van der Waals surface area contributed by atoms with Gasteiger partial charge in [-0.15, -0.1) is 0 Å². The van der Waals surface area contributed by atoms with E-state index in [1.165, 1.54) is 11.6 Å². The Hall–Kier alpha value is -2.47. The van der Waals surface area contributed by atoms with Crippen LogP contribution in [0.3, 0.4) is 0 Å². The predicted molar refractivity (Wildman–Crippen MR) is 105 cm³/mol. The maximum Gasteiger partial charge on any atom is 0.191 e. The summed E-state index contributed by atoms with van der Waals surface area (Å²) in [4.78, 5) is 4.32. The van der Waals surface area contributed by atoms with Crippen LogP contribution in [0.2, 0.25) is 0 Å². The maximum absolute atomic E-state index is 13.7. The molecule has 0 heterocycles. The van der Waals surface area contributed by atoms with Crippen molar-refractivity contribution in [2.24, 2.45) is 4.99 Å². The Labute approximate surface area is 159 Å². The molecule has 0 saturated carbocycles. The molecule has 0 atom stereocenters. The molecule has 0 aliphatic heterocycles. The summed E-state index contributed by atoms with van der Waals surface area (Å²) in [7, 11) is 0. The molecule has 27 heavy (non-hydrogen) atoms. The summed E-state index contributed by atoms with van der Waals surface area (Å²) in [6.45, 7) is 4.77. The van der Waals surface area contributed by atoms with Gasteiger partial charge in [0, 0.05) is 25.3 Å². The highest BCUT2D eigenvalue weighted by Crippen LogP contribution is 2.10. The number of rotatable bonds is 10. The van der Waals surface area contributed by atoms with E-state index in [0.717, 1.165) is 31.5 Å². The second kappa shape index (κ2) is 12.0. The molecule has 0 bridgehead atoms. The van der Waals surface area contributed by atoms with Crippen LogP contribution >= 0.6 is 0 Å². The van der Waals surface area contributed by atoms with Gasteiger partial charge in [-0.2, -0.15) is 0 Å². The molecule has 0 fully saturated rings. The lowest BCUT2D eigenvalue weighted by Crippen LogP contribution is -2.37. The number of aliphatic imine (C=N–C) groups is 1. The molecule has 2 N–H and O–H groups in total. The van der Waals surface area contributed by atoms with E-state index in [2.05, 4.69) is 15.6 Å². The molecule has 6 heteroatoms. The molecule has 2 rings (SSSR count). The Balaban J connectivity index is 1.67. The fraction of sp³-hybridized carbons (Fsp3) is 0.381. The van der Waals surface area contributed by atoms with Gasteiger partial charge in [0.05, 0.1) is 13.2 Å². The molecule has 0 saturated heterocycles. The fourth-order valence-corrected chi connectivity index (χ4v) is 2.47. The second-order valence-electron chi connectivity index (χ2n) is 6.10. The van der Waals surface area contributed by atoms with Crippen molar-refractivity contribution >= 4 is 5.96 Å². The quantitative estimate of drug-likeness (QED) is 0.375. The number of unbranched alkanes of at least 4 members (excludes halogenated alkanes) is 1. The van der Waals surface area contributed by atoms with Crippen LogP contribution in [0.25, 0.3) is 0 Å². The number of guanidine groups is 1. The largest absolute Gasteiger partial charge is 0.377 e. The van der Waals surface area contributed by atoms with Crippen LogP contribution in [-0.4, -0.2) is 25.7 Å². The van der Waals surface area contributed by atoms with Crippen LogP contribution in [0.15, 0.2) is 53.5 Å². The lowest BCUT2D eigenvalue weighted by molar-refractivity contribution is 0.117. The van der Waals surface area contributed by atoms with E-state index in [0.29, 0.717) is 25.7 Å². The lowest BCUT2D eigenvalue weighted by Gasteiger charge is -2.11. The van der Waals surface area contributed by atoms with Crippen LogP contribution in [0.1, 0.15) is 30.9 Å². The second-order valence-corrected chi connectivity index (χ2v) is 6.10. The Bertz CT molecular complexity index is 708. The van der Waals surface area contributed by atoms with E-state index < -0.39 is 11.6 Å². The number of nitrogens with zero attached hydrogens (tertiary/aromatic N) is 1. The summed E-state index contributed by atoms with van der Waals surface area (Å²) in [5.41, 5.74) is 1.41. The van der Waals surface area contributed by atoms with Crippen LogP contribution < -0.4 is 10.6 Å². The monoisotopic (exact) mass is 375 g/mol. The summed E-state index contributed by atoms with van der Waals surface area (Å²) in [6, 6.07) is 13.5. The van der Waals surface area contributed by atoms with Gasteiger partial charge in [-0.1, -0.05) is 30.3 Å². The molecule has 2 aromatic carbocycles. The third kappa shape index (κ3) is 8.17. The van der Waals surface area contributed by atoms with Gasteiger partial charge in [-0.05, 0) is 43.5 Å². The van der Waals surface area contributed by atoms with Crippen molar-refractivity contribution in [2.75, 3.05) is 19.7 Å². The van der Waals surface area contributed by atoms with Crippen molar-refractivity contribution in [2.45, 2.75) is 32.9 Å². The predicted octanol–water partition coefficient (Wildman–Crippen LogP) is 4.02. The van der Waals surface area contributed by atoms with E-state index in [9.17, 15) is 8.78 Å². The summed E-state index contributed by atoms with van der Waals surface area (Å²) in [5, 5.41) is 6.30. The zero-order valence-electron chi connectivity index (χ0n) is 15.7. The number of hydrogen-bond acceptors (Lipinski definition) is 2. The Morgan fingerprint density at radius 3 is 2.63 bits per heavy atom. The standard InChI is InChI=1S/C21H27F2N3O/c1-2-24-21(26-15-18-14-19(22)10-11-20(18)23)25-12-6-7-13-27-16-17-8-4-3-5-9-17/h3-5,8-11,14H,2,6-7,12-13,15-16H2,1H3,(H2,24,25,26). The van der Waals surface area contributed by atoms with E-state index in [-0.39, 0.29) is 12.1 Å². The molecule has 0 spiro atoms. The Morgan fingerprint density at radius 2 is 1.85 bits per heavy atom. The molecule has 4 nitrogen and oxygen atoms in total. The number of nitrogens with one attached hydrogen (secondary N) is 2. The molecule has 0 aromatic heterocycles. The average Bonchev–Trinajstić information content (AvgIpc) is 2.68. The number of halogens is 2. The van der Waals surface area contributed by atoms with Gasteiger partial charge in [0.2, 0.25) is 0 Å². The van der Waals surface area contributed by atoms with Crippen molar-refractivity contribution in [1.82, 2.24) is 10.6 Å². The first-order chi connectivity index (χ1) is 13.2. The first kappa shape index (κ1) is 20.8. The zero-order valence-corrected chi connectivity index (χ0v) is 15.7. The number of benzene rings is 2. The highest BCUT2D eigenvalue weighted by molar-refractivity contribution is 5.79. The van der Waals surface area contributed by atoms with E-state index in [1.54, 1.807) is 0 Å². The average molecular weight is 375 g/mol. The first-order valence-electron chi connectivity index (χ1n) is 9.27. The molecule has 0 unspecified atom stereocenters. The van der Waals surface area contributed by atoms with Crippen LogP contribution in [0, 0.1) is 11.6 Å². The molecule has 0 aliphatic carbocycles. The third-order valence-electron chi connectivity index (χ3n) is 3.88. The van der Waals surface area contributed by atoms with Gasteiger partial charge in [0.1, 0.15) is 11.6 Å². The molecular formula is C21H27F2N3O. The minimum Gasteiger partial charge on any atom is -0.377 e. The highest BCUT2D eigenvalue weighted by Gasteiger charge is 2.04. The topological polar surface area (TPSA) is 45.7 Å². The van der Waals surface area contributed by atoms with Gasteiger partial charge < -0.3 is 15.4 Å². The lowest BCUT2D eigenvalue weighted by atomic mass is 10.2.